The van der Waals surface area contributed by atoms with Gasteiger partial charge in [0.2, 0.25) is 0 Å². The number of hydrogen-bond donors (Lipinski definition) is 1. The number of rotatable bonds is 5. The number of carbonyl (C=O) groups is 1. The molecule has 1 aromatic carbocycles. The lowest BCUT2D eigenvalue weighted by atomic mass is 9.96. The van der Waals surface area contributed by atoms with Gasteiger partial charge in [0.15, 0.2) is 5.69 Å². The molecule has 4 rings (SSSR count). The molecule has 1 amide bonds. The Kier molecular flexibility index (Phi) is 4.71. The minimum absolute atomic E-state index is 0.0119. The molecule has 1 saturated heterocycles. The minimum Gasteiger partial charge on any atom is -0.383 e. The van der Waals surface area contributed by atoms with E-state index in [1.807, 2.05) is 41.6 Å². The second-order valence-electron chi connectivity index (χ2n) is 6.68. The maximum absolute atomic E-state index is 13.0. The van der Waals surface area contributed by atoms with Crippen LogP contribution < -0.4 is 0 Å². The highest BCUT2D eigenvalue weighted by atomic mass is 16.5. The Morgan fingerprint density at radius 1 is 1.38 bits per heavy atom. The molecular weight excluding hydrogens is 330 g/mol. The zero-order valence-electron chi connectivity index (χ0n) is 14.9. The van der Waals surface area contributed by atoms with Gasteiger partial charge in [-0.15, -0.1) is 0 Å². The molecule has 0 bridgehead atoms. The van der Waals surface area contributed by atoms with Crippen LogP contribution in [0.15, 0.2) is 36.7 Å². The number of methoxy groups -OCH3 is 1. The molecule has 1 aliphatic rings. The Bertz CT molecular complexity index is 900. The van der Waals surface area contributed by atoms with Gasteiger partial charge in [0.25, 0.3) is 5.91 Å². The maximum atomic E-state index is 13.0. The van der Waals surface area contributed by atoms with E-state index in [0.717, 1.165) is 42.7 Å². The van der Waals surface area contributed by atoms with Crippen molar-refractivity contribution in [2.75, 3.05) is 26.8 Å². The lowest BCUT2D eigenvalue weighted by molar-refractivity contribution is 0.0698. The largest absolute Gasteiger partial charge is 0.383 e. The van der Waals surface area contributed by atoms with Gasteiger partial charge in [0.1, 0.15) is 5.82 Å². The number of fused-ring (bicyclic) bond motifs is 1. The van der Waals surface area contributed by atoms with E-state index in [9.17, 15) is 4.79 Å². The van der Waals surface area contributed by atoms with Gasteiger partial charge in [-0.3, -0.25) is 9.89 Å². The predicted molar refractivity (Wildman–Crippen MR) is 98.1 cm³/mol. The summed E-state index contributed by atoms with van der Waals surface area (Å²) in [7, 11) is 1.70. The Balaban J connectivity index is 1.53. The number of aromatic amines is 1. The molecule has 136 valence electrons. The normalized spacial score (nSPS) is 17.7. The van der Waals surface area contributed by atoms with Crippen molar-refractivity contribution in [2.24, 2.45) is 0 Å². The van der Waals surface area contributed by atoms with Crippen LogP contribution in [0.25, 0.3) is 10.9 Å². The average molecular weight is 353 g/mol. The summed E-state index contributed by atoms with van der Waals surface area (Å²) in [4.78, 5) is 19.5. The molecule has 0 radical (unpaired) electrons. The SMILES string of the molecule is COCCn1ccnc1[C@H]1CCCN(C(=O)c2n[nH]c3ccccc23)C1. The molecular formula is C19H23N5O2. The monoisotopic (exact) mass is 353 g/mol. The van der Waals surface area contributed by atoms with E-state index in [4.69, 9.17) is 4.74 Å². The number of para-hydroxylation sites is 1. The van der Waals surface area contributed by atoms with Crippen molar-refractivity contribution in [1.82, 2.24) is 24.6 Å². The lowest BCUT2D eigenvalue weighted by Crippen LogP contribution is -2.40. The first-order chi connectivity index (χ1) is 12.8. The number of carbonyl (C=O) groups excluding carboxylic acids is 1. The number of nitrogens with zero attached hydrogens (tertiary/aromatic N) is 4. The van der Waals surface area contributed by atoms with Gasteiger partial charge in [-0.1, -0.05) is 18.2 Å². The summed E-state index contributed by atoms with van der Waals surface area (Å²) in [5.74, 6) is 1.26. The summed E-state index contributed by atoms with van der Waals surface area (Å²) in [6, 6.07) is 7.74. The van der Waals surface area contributed by atoms with Crippen LogP contribution >= 0.6 is 0 Å². The number of hydrogen-bond acceptors (Lipinski definition) is 4. The highest BCUT2D eigenvalue weighted by molar-refractivity contribution is 6.04. The highest BCUT2D eigenvalue weighted by Crippen LogP contribution is 2.27. The number of imidazole rings is 1. The van der Waals surface area contributed by atoms with Crippen molar-refractivity contribution in [1.29, 1.82) is 0 Å². The van der Waals surface area contributed by atoms with Crippen molar-refractivity contribution in [3.8, 4) is 0 Å². The number of benzene rings is 1. The second kappa shape index (κ2) is 7.29. The number of piperidine rings is 1. The Hall–Kier alpha value is -2.67. The molecule has 1 fully saturated rings. The summed E-state index contributed by atoms with van der Waals surface area (Å²) < 4.78 is 7.31. The van der Waals surface area contributed by atoms with Crippen molar-refractivity contribution >= 4 is 16.8 Å². The molecule has 26 heavy (non-hydrogen) atoms. The van der Waals surface area contributed by atoms with E-state index in [2.05, 4.69) is 19.7 Å². The van der Waals surface area contributed by atoms with Gasteiger partial charge < -0.3 is 14.2 Å². The fourth-order valence-corrected chi connectivity index (χ4v) is 3.71. The van der Waals surface area contributed by atoms with Crippen molar-refractivity contribution in [2.45, 2.75) is 25.3 Å². The van der Waals surface area contributed by atoms with Gasteiger partial charge in [-0.2, -0.15) is 5.10 Å². The van der Waals surface area contributed by atoms with Crippen molar-refractivity contribution < 1.29 is 9.53 Å². The molecule has 1 aliphatic heterocycles. The van der Waals surface area contributed by atoms with Gasteiger partial charge in [0, 0.05) is 50.4 Å². The Labute approximate surface area is 152 Å². The molecule has 1 N–H and O–H groups in total. The molecule has 2 aromatic heterocycles. The third-order valence-corrected chi connectivity index (χ3v) is 5.03. The summed E-state index contributed by atoms with van der Waals surface area (Å²) >= 11 is 0. The molecule has 0 spiro atoms. The number of nitrogens with one attached hydrogen (secondary N) is 1. The van der Waals surface area contributed by atoms with E-state index in [-0.39, 0.29) is 11.8 Å². The molecule has 0 saturated carbocycles. The minimum atomic E-state index is -0.0119. The fraction of sp³-hybridized carbons (Fsp3) is 0.421. The number of ether oxygens (including phenoxy) is 1. The Morgan fingerprint density at radius 3 is 3.15 bits per heavy atom. The number of likely N-dealkylation sites (tertiary alicyclic amines) is 1. The summed E-state index contributed by atoms with van der Waals surface area (Å²) in [5, 5.41) is 8.09. The molecule has 0 aliphatic carbocycles. The molecule has 1 atom stereocenters. The van der Waals surface area contributed by atoms with Crippen LogP contribution in [0.3, 0.4) is 0 Å². The van der Waals surface area contributed by atoms with Crippen molar-refractivity contribution in [3.05, 3.63) is 48.2 Å². The first-order valence-corrected chi connectivity index (χ1v) is 9.00. The topological polar surface area (TPSA) is 76.0 Å². The van der Waals surface area contributed by atoms with Crippen LogP contribution in [0.1, 0.15) is 35.1 Å². The average Bonchev–Trinajstić information content (AvgIpc) is 3.33. The van der Waals surface area contributed by atoms with E-state index in [1.54, 1.807) is 7.11 Å². The van der Waals surface area contributed by atoms with Crippen LogP contribution in [-0.2, 0) is 11.3 Å². The van der Waals surface area contributed by atoms with Gasteiger partial charge in [-0.25, -0.2) is 4.98 Å². The molecule has 3 aromatic rings. The zero-order chi connectivity index (χ0) is 17.9. The first-order valence-electron chi connectivity index (χ1n) is 9.00. The first kappa shape index (κ1) is 16.8. The summed E-state index contributed by atoms with van der Waals surface area (Å²) in [6.45, 7) is 2.86. The van der Waals surface area contributed by atoms with Crippen LogP contribution in [0.2, 0.25) is 0 Å². The molecule has 7 heteroatoms. The third kappa shape index (κ3) is 3.10. The van der Waals surface area contributed by atoms with Crippen molar-refractivity contribution in [3.63, 3.8) is 0 Å². The molecule has 0 unspecified atom stereocenters. The third-order valence-electron chi connectivity index (χ3n) is 5.03. The van der Waals surface area contributed by atoms with Gasteiger partial charge in [-0.05, 0) is 18.9 Å². The highest BCUT2D eigenvalue weighted by Gasteiger charge is 2.29. The quantitative estimate of drug-likeness (QED) is 0.764. The van der Waals surface area contributed by atoms with E-state index >= 15 is 0 Å². The van der Waals surface area contributed by atoms with E-state index in [1.165, 1.54) is 0 Å². The fourth-order valence-electron chi connectivity index (χ4n) is 3.71. The predicted octanol–water partition coefficient (Wildman–Crippen LogP) is 2.43. The zero-order valence-corrected chi connectivity index (χ0v) is 14.9. The van der Waals surface area contributed by atoms with Crippen LogP contribution in [-0.4, -0.2) is 57.4 Å². The molecule has 3 heterocycles. The van der Waals surface area contributed by atoms with Gasteiger partial charge >= 0.3 is 0 Å². The smallest absolute Gasteiger partial charge is 0.275 e. The van der Waals surface area contributed by atoms with E-state index < -0.39 is 0 Å². The maximum Gasteiger partial charge on any atom is 0.275 e. The second-order valence-corrected chi connectivity index (χ2v) is 6.68. The number of H-pyrrole nitrogens is 1. The van der Waals surface area contributed by atoms with Crippen LogP contribution in [0.5, 0.6) is 0 Å². The standard InChI is InChI=1S/C19H23N5O2/c1-26-12-11-23-10-8-20-18(23)14-5-4-9-24(13-14)19(25)17-15-6-2-3-7-16(15)21-22-17/h2-3,6-8,10,14H,4-5,9,11-13H2,1H3,(H,21,22)/t14-/m0/s1. The van der Waals surface area contributed by atoms with Crippen LogP contribution in [0, 0.1) is 0 Å². The summed E-state index contributed by atoms with van der Waals surface area (Å²) in [6.07, 6.45) is 5.81. The number of aromatic nitrogens is 4. The summed E-state index contributed by atoms with van der Waals surface area (Å²) in [5.41, 5.74) is 1.39. The number of amides is 1. The Morgan fingerprint density at radius 2 is 2.27 bits per heavy atom. The van der Waals surface area contributed by atoms with E-state index in [0.29, 0.717) is 18.8 Å². The molecule has 7 nitrogen and oxygen atoms in total. The lowest BCUT2D eigenvalue weighted by Gasteiger charge is -2.32. The van der Waals surface area contributed by atoms with Gasteiger partial charge in [0.05, 0.1) is 12.1 Å². The van der Waals surface area contributed by atoms with Crippen LogP contribution in [0.4, 0.5) is 0 Å².